The topological polar surface area (TPSA) is 183 Å². The summed E-state index contributed by atoms with van der Waals surface area (Å²) in [6, 6.07) is 6.18. The minimum absolute atomic E-state index is 0.0248. The van der Waals surface area contributed by atoms with Crippen molar-refractivity contribution in [1.29, 1.82) is 0 Å². The standard InChI is InChI=1S/C20H24N10O4/c1-12-5-3-4-10-28(12)11-16-17(23-27-29(16)19-18(21)25-34-26-19)20(31)24-22-13(2)14-6-8-15(9-7-14)30(32)33/h6-9,12H,3-5,10-11H2,1-2H3,(H2,21,25)(H,24,31)/b22-13+/t12-/m0/s1. The van der Waals surface area contributed by atoms with Gasteiger partial charge in [-0.25, -0.2) is 10.1 Å². The third-order valence-corrected chi connectivity index (χ3v) is 5.79. The van der Waals surface area contributed by atoms with E-state index in [0.717, 1.165) is 25.8 Å². The lowest BCUT2D eigenvalue weighted by atomic mass is 10.0. The number of hydrogen-bond acceptors (Lipinski definition) is 11. The van der Waals surface area contributed by atoms with E-state index in [2.05, 4.69) is 43.0 Å². The predicted molar refractivity (Wildman–Crippen MR) is 120 cm³/mol. The second-order valence-corrected chi connectivity index (χ2v) is 8.03. The van der Waals surface area contributed by atoms with Crippen molar-refractivity contribution in [3.8, 4) is 5.82 Å². The number of nitrogen functional groups attached to an aromatic ring is 1. The number of aromatic nitrogens is 5. The van der Waals surface area contributed by atoms with Gasteiger partial charge < -0.3 is 5.73 Å². The highest BCUT2D eigenvalue weighted by Crippen LogP contribution is 2.23. The maximum Gasteiger partial charge on any atom is 0.293 e. The fourth-order valence-corrected chi connectivity index (χ4v) is 3.79. The fourth-order valence-electron chi connectivity index (χ4n) is 3.79. The molecule has 1 saturated heterocycles. The van der Waals surface area contributed by atoms with Crippen molar-refractivity contribution in [1.82, 2.24) is 35.6 Å². The molecule has 0 radical (unpaired) electrons. The SMILES string of the molecule is C/C(=N\NC(=O)c1nnn(-c2nonc2N)c1CN1CCCC[C@@H]1C)c1ccc([N+](=O)[O-])cc1. The minimum atomic E-state index is -0.567. The number of hydrazone groups is 1. The number of non-ortho nitro benzene ring substituents is 1. The molecule has 0 bridgehead atoms. The molecule has 0 aliphatic carbocycles. The van der Waals surface area contributed by atoms with Gasteiger partial charge in [0.1, 0.15) is 0 Å². The first-order chi connectivity index (χ1) is 16.3. The van der Waals surface area contributed by atoms with Crippen LogP contribution in [0.5, 0.6) is 0 Å². The van der Waals surface area contributed by atoms with Gasteiger partial charge in [0.15, 0.2) is 5.69 Å². The van der Waals surface area contributed by atoms with E-state index in [9.17, 15) is 14.9 Å². The van der Waals surface area contributed by atoms with E-state index < -0.39 is 10.8 Å². The second kappa shape index (κ2) is 9.74. The van der Waals surface area contributed by atoms with Crippen LogP contribution in [0.2, 0.25) is 0 Å². The minimum Gasteiger partial charge on any atom is -0.378 e. The highest BCUT2D eigenvalue weighted by Gasteiger charge is 2.28. The van der Waals surface area contributed by atoms with Crippen LogP contribution < -0.4 is 11.2 Å². The first-order valence-electron chi connectivity index (χ1n) is 10.7. The van der Waals surface area contributed by atoms with E-state index in [1.54, 1.807) is 19.1 Å². The van der Waals surface area contributed by atoms with Gasteiger partial charge in [-0.05, 0) is 61.2 Å². The van der Waals surface area contributed by atoms with Crippen LogP contribution in [-0.2, 0) is 6.54 Å². The van der Waals surface area contributed by atoms with Crippen molar-refractivity contribution in [2.45, 2.75) is 45.7 Å². The zero-order valence-electron chi connectivity index (χ0n) is 18.7. The van der Waals surface area contributed by atoms with Crippen molar-refractivity contribution in [3.05, 3.63) is 51.3 Å². The monoisotopic (exact) mass is 468 g/mol. The molecular formula is C20H24N10O4. The average Bonchev–Trinajstić information content (AvgIpc) is 3.44. The number of amides is 1. The van der Waals surface area contributed by atoms with Crippen LogP contribution in [0, 0.1) is 10.1 Å². The highest BCUT2D eigenvalue weighted by molar-refractivity contribution is 6.00. The number of nitro groups is 1. The number of carbonyl (C=O) groups is 1. The number of nitrogens with zero attached hydrogens (tertiary/aromatic N) is 8. The number of nitrogens with one attached hydrogen (secondary N) is 1. The molecule has 2 aromatic heterocycles. The van der Waals surface area contributed by atoms with Gasteiger partial charge in [0.2, 0.25) is 11.6 Å². The van der Waals surface area contributed by atoms with E-state index in [4.69, 9.17) is 10.4 Å². The smallest absolute Gasteiger partial charge is 0.293 e. The van der Waals surface area contributed by atoms with Crippen LogP contribution in [0.1, 0.15) is 54.9 Å². The van der Waals surface area contributed by atoms with Crippen LogP contribution in [0.3, 0.4) is 0 Å². The molecule has 14 heteroatoms. The number of anilines is 1. The Bertz CT molecular complexity index is 1220. The number of nitro benzene ring substituents is 1. The number of likely N-dealkylation sites (tertiary alicyclic amines) is 1. The molecule has 1 atom stereocenters. The summed E-state index contributed by atoms with van der Waals surface area (Å²) in [6.45, 7) is 5.08. The molecule has 3 aromatic rings. The summed E-state index contributed by atoms with van der Waals surface area (Å²) < 4.78 is 6.05. The zero-order valence-corrected chi connectivity index (χ0v) is 18.7. The van der Waals surface area contributed by atoms with Crippen molar-refractivity contribution in [3.63, 3.8) is 0 Å². The molecule has 0 saturated carbocycles. The number of nitrogens with two attached hydrogens (primary N) is 1. The van der Waals surface area contributed by atoms with Gasteiger partial charge in [0.05, 0.1) is 16.3 Å². The Kier molecular flexibility index (Phi) is 6.58. The molecule has 3 heterocycles. The van der Waals surface area contributed by atoms with Gasteiger partial charge in [-0.1, -0.05) is 11.6 Å². The summed E-state index contributed by atoms with van der Waals surface area (Å²) in [4.78, 5) is 25.6. The van der Waals surface area contributed by atoms with E-state index in [0.29, 0.717) is 29.6 Å². The van der Waals surface area contributed by atoms with Gasteiger partial charge in [-0.2, -0.15) is 9.78 Å². The number of rotatable bonds is 7. The largest absolute Gasteiger partial charge is 0.378 e. The van der Waals surface area contributed by atoms with Gasteiger partial charge in [-0.15, -0.1) is 5.10 Å². The molecule has 4 rings (SSSR count). The Hall–Kier alpha value is -4.20. The summed E-state index contributed by atoms with van der Waals surface area (Å²) in [5.41, 5.74) is 9.94. The summed E-state index contributed by atoms with van der Waals surface area (Å²) >= 11 is 0. The Morgan fingerprint density at radius 2 is 2.09 bits per heavy atom. The Labute approximate surface area is 193 Å². The van der Waals surface area contributed by atoms with Gasteiger partial charge >= 0.3 is 0 Å². The van der Waals surface area contributed by atoms with Crippen molar-refractivity contribution in [2.24, 2.45) is 5.10 Å². The van der Waals surface area contributed by atoms with Crippen LogP contribution >= 0.6 is 0 Å². The van der Waals surface area contributed by atoms with Crippen LogP contribution in [0.25, 0.3) is 5.82 Å². The Morgan fingerprint density at radius 3 is 2.74 bits per heavy atom. The Morgan fingerprint density at radius 1 is 1.32 bits per heavy atom. The quantitative estimate of drug-likeness (QED) is 0.294. The predicted octanol–water partition coefficient (Wildman–Crippen LogP) is 1.67. The van der Waals surface area contributed by atoms with Crippen LogP contribution in [0.15, 0.2) is 34.0 Å². The summed E-state index contributed by atoms with van der Waals surface area (Å²) in [5, 5.41) is 30.4. The molecule has 0 unspecified atom stereocenters. The summed E-state index contributed by atoms with van der Waals surface area (Å²) in [5.74, 6) is -0.393. The van der Waals surface area contributed by atoms with E-state index in [1.165, 1.54) is 16.8 Å². The maximum atomic E-state index is 13.0. The average molecular weight is 468 g/mol. The second-order valence-electron chi connectivity index (χ2n) is 8.03. The normalized spacial score (nSPS) is 17.0. The molecule has 1 aromatic carbocycles. The highest BCUT2D eigenvalue weighted by atomic mass is 16.6. The number of carbonyl (C=O) groups excluding carboxylic acids is 1. The van der Waals surface area contributed by atoms with E-state index >= 15 is 0 Å². The molecule has 14 nitrogen and oxygen atoms in total. The van der Waals surface area contributed by atoms with Crippen molar-refractivity contribution < 1.29 is 14.3 Å². The summed E-state index contributed by atoms with van der Waals surface area (Å²) in [6.07, 6.45) is 3.26. The van der Waals surface area contributed by atoms with E-state index in [-0.39, 0.29) is 23.0 Å². The fraction of sp³-hybridized carbons (Fsp3) is 0.400. The molecule has 1 aliphatic heterocycles. The molecule has 1 aliphatic rings. The number of piperidine rings is 1. The van der Waals surface area contributed by atoms with E-state index in [1.807, 2.05) is 0 Å². The molecule has 1 amide bonds. The molecule has 34 heavy (non-hydrogen) atoms. The van der Waals surface area contributed by atoms with Crippen molar-refractivity contribution in [2.75, 3.05) is 12.3 Å². The van der Waals surface area contributed by atoms with Gasteiger partial charge in [0.25, 0.3) is 11.6 Å². The summed E-state index contributed by atoms with van der Waals surface area (Å²) in [7, 11) is 0. The van der Waals surface area contributed by atoms with Gasteiger partial charge in [-0.3, -0.25) is 19.8 Å². The molecule has 0 spiro atoms. The first-order valence-corrected chi connectivity index (χ1v) is 10.7. The maximum absolute atomic E-state index is 13.0. The Balaban J connectivity index is 1.59. The number of hydrogen-bond donors (Lipinski definition) is 2. The lowest BCUT2D eigenvalue weighted by molar-refractivity contribution is -0.384. The molecule has 1 fully saturated rings. The molecule has 3 N–H and O–H groups in total. The lowest BCUT2D eigenvalue weighted by Crippen LogP contribution is -2.38. The lowest BCUT2D eigenvalue weighted by Gasteiger charge is -2.33. The van der Waals surface area contributed by atoms with Gasteiger partial charge in [0, 0.05) is 24.7 Å². The molecular weight excluding hydrogens is 444 g/mol. The first kappa shape index (κ1) is 23.0. The van der Waals surface area contributed by atoms with Crippen LogP contribution in [0.4, 0.5) is 11.5 Å². The zero-order chi connectivity index (χ0) is 24.2. The van der Waals surface area contributed by atoms with Crippen molar-refractivity contribution >= 4 is 23.1 Å². The number of benzene rings is 1. The third kappa shape index (κ3) is 4.76. The van der Waals surface area contributed by atoms with Crippen LogP contribution in [-0.4, -0.2) is 59.3 Å². The third-order valence-electron chi connectivity index (χ3n) is 5.79. The molecule has 178 valence electrons.